The number of benzene rings is 1. The second-order valence-electron chi connectivity index (χ2n) is 6.68. The first-order chi connectivity index (χ1) is 12.3. The first-order valence-corrected chi connectivity index (χ1v) is 8.32. The van der Waals surface area contributed by atoms with Gasteiger partial charge in [-0.15, -0.1) is 0 Å². The van der Waals surface area contributed by atoms with Gasteiger partial charge in [0.2, 0.25) is 5.91 Å². The molecule has 3 rings (SSSR count). The molecule has 1 atom stereocenters. The number of nitrogens with one attached hydrogen (secondary N) is 2. The van der Waals surface area contributed by atoms with Gasteiger partial charge in [-0.1, -0.05) is 18.2 Å². The first kappa shape index (κ1) is 17.7. The Kier molecular flexibility index (Phi) is 4.50. The Bertz CT molecular complexity index is 844. The van der Waals surface area contributed by atoms with E-state index >= 15 is 0 Å². The molecule has 1 aromatic heterocycles. The molecular weight excluding hydrogens is 334 g/mol. The predicted molar refractivity (Wildman–Crippen MR) is 94.4 cm³/mol. The maximum Gasteiger partial charge on any atom is 0.325 e. The fourth-order valence-electron chi connectivity index (χ4n) is 2.90. The summed E-state index contributed by atoms with van der Waals surface area (Å²) >= 11 is 0. The molecule has 2 N–H and O–H groups in total. The molecule has 8 heteroatoms. The lowest BCUT2D eigenvalue weighted by Gasteiger charge is -2.27. The number of nitrogens with zero attached hydrogens (tertiary/aromatic N) is 3. The number of amides is 4. The average Bonchev–Trinajstić information content (AvgIpc) is 3.15. The van der Waals surface area contributed by atoms with Crippen LogP contribution >= 0.6 is 0 Å². The number of urea groups is 1. The maximum absolute atomic E-state index is 12.4. The quantitative estimate of drug-likeness (QED) is 0.792. The molecule has 26 heavy (non-hydrogen) atoms. The number of aromatic nitrogens is 2. The Balaban J connectivity index is 1.71. The fourth-order valence-corrected chi connectivity index (χ4v) is 2.90. The smallest absolute Gasteiger partial charge is 0.325 e. The van der Waals surface area contributed by atoms with Gasteiger partial charge in [-0.2, -0.15) is 0 Å². The van der Waals surface area contributed by atoms with E-state index in [0.717, 1.165) is 5.69 Å². The fraction of sp³-hybridized carbons (Fsp3) is 0.333. The largest absolute Gasteiger partial charge is 0.345 e. The Morgan fingerprint density at radius 1 is 1.27 bits per heavy atom. The van der Waals surface area contributed by atoms with E-state index in [9.17, 15) is 14.4 Å². The average molecular weight is 355 g/mol. The lowest BCUT2D eigenvalue weighted by molar-refractivity contribution is -0.127. The number of para-hydroxylation sites is 1. The van der Waals surface area contributed by atoms with Crippen molar-refractivity contribution in [2.75, 3.05) is 6.54 Å². The van der Waals surface area contributed by atoms with Crippen LogP contribution in [0.1, 0.15) is 32.6 Å². The third-order valence-corrected chi connectivity index (χ3v) is 4.47. The summed E-state index contributed by atoms with van der Waals surface area (Å²) in [5, 5.41) is 5.06. The van der Waals surface area contributed by atoms with Crippen LogP contribution < -0.4 is 10.6 Å². The molecule has 1 saturated heterocycles. The van der Waals surface area contributed by atoms with Crippen LogP contribution in [0.15, 0.2) is 42.7 Å². The summed E-state index contributed by atoms with van der Waals surface area (Å²) in [7, 11) is 0. The Hall–Kier alpha value is -3.16. The molecule has 0 spiro atoms. The van der Waals surface area contributed by atoms with Crippen molar-refractivity contribution >= 4 is 17.8 Å². The molecule has 2 heterocycles. The Labute approximate surface area is 151 Å². The molecular formula is C18H21N5O3. The number of imide groups is 1. The van der Waals surface area contributed by atoms with E-state index in [-0.39, 0.29) is 18.5 Å². The van der Waals surface area contributed by atoms with E-state index in [1.54, 1.807) is 20.0 Å². The molecule has 4 amide bonds. The topological polar surface area (TPSA) is 96.3 Å². The third-order valence-electron chi connectivity index (χ3n) is 4.47. The van der Waals surface area contributed by atoms with E-state index in [1.807, 2.05) is 48.0 Å². The Morgan fingerprint density at radius 3 is 2.58 bits per heavy atom. The highest BCUT2D eigenvalue weighted by Crippen LogP contribution is 2.21. The van der Waals surface area contributed by atoms with Gasteiger partial charge < -0.3 is 14.8 Å². The van der Waals surface area contributed by atoms with Crippen molar-refractivity contribution in [1.29, 1.82) is 0 Å². The van der Waals surface area contributed by atoms with Crippen molar-refractivity contribution in [3.05, 3.63) is 48.5 Å². The molecule has 1 aliphatic rings. The van der Waals surface area contributed by atoms with Crippen LogP contribution in [0.25, 0.3) is 5.69 Å². The summed E-state index contributed by atoms with van der Waals surface area (Å²) in [6.07, 6.45) is 3.49. The van der Waals surface area contributed by atoms with Crippen molar-refractivity contribution in [2.45, 2.75) is 32.4 Å². The molecule has 1 aliphatic heterocycles. The second kappa shape index (κ2) is 6.62. The van der Waals surface area contributed by atoms with Crippen molar-refractivity contribution in [1.82, 2.24) is 25.1 Å². The van der Waals surface area contributed by atoms with Gasteiger partial charge >= 0.3 is 6.03 Å². The zero-order chi connectivity index (χ0) is 18.9. The van der Waals surface area contributed by atoms with Crippen LogP contribution in [0.3, 0.4) is 0 Å². The molecule has 0 bridgehead atoms. The van der Waals surface area contributed by atoms with Crippen LogP contribution in [-0.4, -0.2) is 44.4 Å². The van der Waals surface area contributed by atoms with E-state index in [0.29, 0.717) is 5.82 Å². The van der Waals surface area contributed by atoms with Crippen molar-refractivity contribution in [2.24, 2.45) is 0 Å². The highest BCUT2D eigenvalue weighted by molar-refractivity contribution is 6.07. The monoisotopic (exact) mass is 355 g/mol. The molecule has 0 saturated carbocycles. The third kappa shape index (κ3) is 3.17. The van der Waals surface area contributed by atoms with E-state index in [4.69, 9.17) is 0 Å². The highest BCUT2D eigenvalue weighted by Gasteiger charge is 2.46. The van der Waals surface area contributed by atoms with Crippen molar-refractivity contribution in [3.63, 3.8) is 0 Å². The number of imidazole rings is 1. The predicted octanol–water partition coefficient (Wildman–Crippen LogP) is 1.38. The maximum atomic E-state index is 12.4. The highest BCUT2D eigenvalue weighted by atomic mass is 16.2. The van der Waals surface area contributed by atoms with Crippen molar-refractivity contribution < 1.29 is 14.4 Å². The minimum Gasteiger partial charge on any atom is -0.345 e. The lowest BCUT2D eigenvalue weighted by Crippen LogP contribution is -2.49. The van der Waals surface area contributed by atoms with Gasteiger partial charge in [-0.05, 0) is 32.9 Å². The number of hydrogen-bond acceptors (Lipinski definition) is 4. The minimum atomic E-state index is -1.06. The summed E-state index contributed by atoms with van der Waals surface area (Å²) in [5.41, 5.74) is -0.119. The summed E-state index contributed by atoms with van der Waals surface area (Å²) in [4.78, 5) is 41.6. The van der Waals surface area contributed by atoms with Crippen LogP contribution in [0, 0.1) is 0 Å². The van der Waals surface area contributed by atoms with Gasteiger partial charge in [0.25, 0.3) is 5.91 Å². The Morgan fingerprint density at radius 2 is 1.96 bits per heavy atom. The van der Waals surface area contributed by atoms with Gasteiger partial charge in [0.15, 0.2) is 0 Å². The molecule has 0 aliphatic carbocycles. The van der Waals surface area contributed by atoms with Crippen molar-refractivity contribution in [3.8, 4) is 5.69 Å². The SMILES string of the molecule is CC(NC(=O)CN1C(=O)NC(=O)C1(C)C)c1nccn1-c1ccccc1. The summed E-state index contributed by atoms with van der Waals surface area (Å²) < 4.78 is 1.89. The van der Waals surface area contributed by atoms with Crippen LogP contribution in [0.4, 0.5) is 4.79 Å². The minimum absolute atomic E-state index is 0.207. The van der Waals surface area contributed by atoms with Gasteiger partial charge in [0.1, 0.15) is 17.9 Å². The zero-order valence-electron chi connectivity index (χ0n) is 14.9. The standard InChI is InChI=1S/C18H21N5O3/c1-12(15-19-9-10-22(15)13-7-5-4-6-8-13)20-14(24)11-23-17(26)21-16(25)18(23,2)3/h4-10,12H,11H2,1-3H3,(H,20,24)(H,21,25,26). The van der Waals surface area contributed by atoms with Gasteiger partial charge in [0, 0.05) is 18.1 Å². The molecule has 136 valence electrons. The summed E-state index contributed by atoms with van der Waals surface area (Å²) in [6.45, 7) is 4.82. The van der Waals surface area contributed by atoms with Gasteiger partial charge in [-0.3, -0.25) is 14.9 Å². The zero-order valence-corrected chi connectivity index (χ0v) is 14.9. The summed E-state index contributed by atoms with van der Waals surface area (Å²) in [5.74, 6) is -0.105. The lowest BCUT2D eigenvalue weighted by atomic mass is 10.0. The van der Waals surface area contributed by atoms with Gasteiger partial charge in [0.05, 0.1) is 6.04 Å². The number of rotatable bonds is 5. The van der Waals surface area contributed by atoms with Gasteiger partial charge in [-0.25, -0.2) is 9.78 Å². The van der Waals surface area contributed by atoms with Crippen LogP contribution in [-0.2, 0) is 9.59 Å². The molecule has 1 aromatic carbocycles. The molecule has 2 aromatic rings. The normalized spacial score (nSPS) is 17.1. The van der Waals surface area contributed by atoms with E-state index in [1.165, 1.54) is 4.90 Å². The summed E-state index contributed by atoms with van der Waals surface area (Å²) in [6, 6.07) is 8.73. The van der Waals surface area contributed by atoms with E-state index < -0.39 is 17.5 Å². The first-order valence-electron chi connectivity index (χ1n) is 8.32. The second-order valence-corrected chi connectivity index (χ2v) is 6.68. The molecule has 8 nitrogen and oxygen atoms in total. The number of carbonyl (C=O) groups excluding carboxylic acids is 3. The molecule has 0 radical (unpaired) electrons. The molecule has 1 unspecified atom stereocenters. The molecule has 1 fully saturated rings. The van der Waals surface area contributed by atoms with Crippen LogP contribution in [0.5, 0.6) is 0 Å². The van der Waals surface area contributed by atoms with E-state index in [2.05, 4.69) is 15.6 Å². The number of hydrogen-bond donors (Lipinski definition) is 2. The van der Waals surface area contributed by atoms with Crippen LogP contribution in [0.2, 0.25) is 0 Å². The number of carbonyl (C=O) groups is 3.